The van der Waals surface area contributed by atoms with Crippen molar-refractivity contribution in [3.05, 3.63) is 0 Å². The molecule has 1 fully saturated rings. The van der Waals surface area contributed by atoms with Crippen LogP contribution in [0.15, 0.2) is 4.99 Å². The van der Waals surface area contributed by atoms with Gasteiger partial charge in [0.05, 0.1) is 0 Å². The second kappa shape index (κ2) is 7.36. The lowest BCUT2D eigenvalue weighted by atomic mass is 9.86. The molecule has 116 valence electrons. The summed E-state index contributed by atoms with van der Waals surface area (Å²) in [6.45, 7) is 7.44. The number of nitrogens with zero attached hydrogens (tertiary/aromatic N) is 2. The maximum absolute atomic E-state index is 11.7. The average Bonchev–Trinajstić information content (AvgIpc) is 2.24. The predicted octanol–water partition coefficient (Wildman–Crippen LogP) is 1.56. The number of hydrogen-bond donors (Lipinski definition) is 2. The number of nitrogens with two attached hydrogens (primary N) is 1. The van der Waals surface area contributed by atoms with Crippen LogP contribution < -0.4 is 11.1 Å². The van der Waals surface area contributed by atoms with Gasteiger partial charge in [0.2, 0.25) is 0 Å². The summed E-state index contributed by atoms with van der Waals surface area (Å²) >= 11 is 0. The monoisotopic (exact) mass is 284 g/mol. The molecule has 0 unspecified atom stereocenters. The molecule has 3 N–H and O–H groups in total. The van der Waals surface area contributed by atoms with Crippen molar-refractivity contribution in [2.45, 2.75) is 45.6 Å². The van der Waals surface area contributed by atoms with Crippen molar-refractivity contribution in [2.75, 3.05) is 26.7 Å². The smallest absolute Gasteiger partial charge is 0.410 e. The lowest BCUT2D eigenvalue weighted by Crippen LogP contribution is -2.41. The quantitative estimate of drug-likeness (QED) is 0.593. The normalized spacial score (nSPS) is 16.5. The summed E-state index contributed by atoms with van der Waals surface area (Å²) in [4.78, 5) is 17.5. The Bertz CT molecular complexity index is 346. The second-order valence-electron chi connectivity index (χ2n) is 6.35. The summed E-state index contributed by atoms with van der Waals surface area (Å²) in [6, 6.07) is 0. The molecule has 1 saturated carbocycles. The van der Waals surface area contributed by atoms with E-state index in [2.05, 4.69) is 10.3 Å². The molecule has 0 saturated heterocycles. The molecule has 0 aromatic carbocycles. The highest BCUT2D eigenvalue weighted by Gasteiger charge is 2.19. The van der Waals surface area contributed by atoms with Gasteiger partial charge in [-0.25, -0.2) is 4.79 Å². The minimum Gasteiger partial charge on any atom is -0.444 e. The zero-order chi connectivity index (χ0) is 15.2. The van der Waals surface area contributed by atoms with E-state index in [0.717, 1.165) is 6.54 Å². The first-order valence-electron chi connectivity index (χ1n) is 7.26. The van der Waals surface area contributed by atoms with Crippen molar-refractivity contribution < 1.29 is 9.53 Å². The largest absolute Gasteiger partial charge is 0.444 e. The van der Waals surface area contributed by atoms with E-state index >= 15 is 0 Å². The highest BCUT2D eigenvalue weighted by atomic mass is 16.6. The number of guanidine groups is 1. The fraction of sp³-hybridized carbons (Fsp3) is 0.857. The molecular formula is C14H28N4O2. The molecule has 6 nitrogen and oxygen atoms in total. The summed E-state index contributed by atoms with van der Waals surface area (Å²) in [7, 11) is 1.71. The Morgan fingerprint density at radius 2 is 2.10 bits per heavy atom. The SMILES string of the molecule is CN(CCNC(N)=NCC1CCC1)C(=O)OC(C)(C)C. The fourth-order valence-corrected chi connectivity index (χ4v) is 1.74. The van der Waals surface area contributed by atoms with Crippen LogP contribution in [0.1, 0.15) is 40.0 Å². The zero-order valence-corrected chi connectivity index (χ0v) is 13.1. The summed E-state index contributed by atoms with van der Waals surface area (Å²) in [5, 5.41) is 3.01. The van der Waals surface area contributed by atoms with Gasteiger partial charge in [-0.1, -0.05) is 6.42 Å². The highest BCUT2D eigenvalue weighted by Crippen LogP contribution is 2.26. The molecule has 1 amide bonds. The van der Waals surface area contributed by atoms with Gasteiger partial charge < -0.3 is 20.7 Å². The van der Waals surface area contributed by atoms with Gasteiger partial charge in [-0.2, -0.15) is 0 Å². The van der Waals surface area contributed by atoms with Crippen LogP contribution in [-0.4, -0.2) is 49.2 Å². The summed E-state index contributed by atoms with van der Waals surface area (Å²) in [6.07, 6.45) is 3.51. The number of likely N-dealkylation sites (N-methyl/N-ethyl adjacent to an activating group) is 1. The van der Waals surface area contributed by atoms with E-state index in [-0.39, 0.29) is 6.09 Å². The molecular weight excluding hydrogens is 256 g/mol. The summed E-state index contributed by atoms with van der Waals surface area (Å²) in [5.74, 6) is 1.16. The third-order valence-corrected chi connectivity index (χ3v) is 3.20. The third kappa shape index (κ3) is 6.63. The van der Waals surface area contributed by atoms with Gasteiger partial charge in [-0.05, 0) is 39.5 Å². The van der Waals surface area contributed by atoms with Crippen LogP contribution in [0.3, 0.4) is 0 Å². The number of carbonyl (C=O) groups is 1. The molecule has 6 heteroatoms. The Morgan fingerprint density at radius 1 is 1.45 bits per heavy atom. The van der Waals surface area contributed by atoms with E-state index in [0.29, 0.717) is 25.0 Å². The number of aliphatic imine (C=N–C) groups is 1. The number of nitrogens with one attached hydrogen (secondary N) is 1. The molecule has 0 aromatic heterocycles. The minimum atomic E-state index is -0.470. The molecule has 0 spiro atoms. The number of ether oxygens (including phenoxy) is 1. The first-order valence-corrected chi connectivity index (χ1v) is 7.26. The van der Waals surface area contributed by atoms with E-state index in [1.54, 1.807) is 7.05 Å². The third-order valence-electron chi connectivity index (χ3n) is 3.20. The van der Waals surface area contributed by atoms with Crippen molar-refractivity contribution in [1.82, 2.24) is 10.2 Å². The van der Waals surface area contributed by atoms with Gasteiger partial charge in [-0.3, -0.25) is 4.99 Å². The molecule has 0 aliphatic heterocycles. The van der Waals surface area contributed by atoms with Crippen molar-refractivity contribution in [2.24, 2.45) is 16.6 Å². The van der Waals surface area contributed by atoms with E-state index < -0.39 is 5.60 Å². The highest BCUT2D eigenvalue weighted by molar-refractivity contribution is 5.77. The Balaban J connectivity index is 2.16. The van der Waals surface area contributed by atoms with Gasteiger partial charge in [0, 0.05) is 26.7 Å². The topological polar surface area (TPSA) is 80.0 Å². The summed E-state index contributed by atoms with van der Waals surface area (Å²) < 4.78 is 5.26. The Labute approximate surface area is 121 Å². The number of hydrogen-bond acceptors (Lipinski definition) is 3. The van der Waals surface area contributed by atoms with Gasteiger partial charge in [0.1, 0.15) is 5.60 Å². The van der Waals surface area contributed by atoms with E-state index in [1.165, 1.54) is 24.2 Å². The van der Waals surface area contributed by atoms with Crippen LogP contribution in [0, 0.1) is 5.92 Å². The predicted molar refractivity (Wildman–Crippen MR) is 80.7 cm³/mol. The van der Waals surface area contributed by atoms with Gasteiger partial charge in [-0.15, -0.1) is 0 Å². The van der Waals surface area contributed by atoms with Crippen LogP contribution in [0.25, 0.3) is 0 Å². The maximum Gasteiger partial charge on any atom is 0.410 e. The molecule has 0 bridgehead atoms. The minimum absolute atomic E-state index is 0.329. The molecule has 1 aliphatic carbocycles. The molecule has 0 radical (unpaired) electrons. The lowest BCUT2D eigenvalue weighted by molar-refractivity contribution is 0.0302. The van der Waals surface area contributed by atoms with Gasteiger partial charge >= 0.3 is 6.09 Å². The fourth-order valence-electron chi connectivity index (χ4n) is 1.74. The Morgan fingerprint density at radius 3 is 2.60 bits per heavy atom. The number of amides is 1. The van der Waals surface area contributed by atoms with Crippen LogP contribution in [0.5, 0.6) is 0 Å². The van der Waals surface area contributed by atoms with Crippen molar-refractivity contribution >= 4 is 12.1 Å². The Kier molecular flexibility index (Phi) is 6.10. The molecule has 20 heavy (non-hydrogen) atoms. The molecule has 0 atom stereocenters. The van der Waals surface area contributed by atoms with Crippen LogP contribution in [0.2, 0.25) is 0 Å². The van der Waals surface area contributed by atoms with E-state index in [9.17, 15) is 4.79 Å². The van der Waals surface area contributed by atoms with Crippen LogP contribution in [0.4, 0.5) is 4.79 Å². The van der Waals surface area contributed by atoms with Gasteiger partial charge in [0.25, 0.3) is 0 Å². The molecule has 1 aliphatic rings. The first kappa shape index (κ1) is 16.6. The molecule has 0 heterocycles. The van der Waals surface area contributed by atoms with Gasteiger partial charge in [0.15, 0.2) is 5.96 Å². The zero-order valence-electron chi connectivity index (χ0n) is 13.1. The number of carbonyl (C=O) groups excluding carboxylic acids is 1. The summed E-state index contributed by atoms with van der Waals surface area (Å²) in [5.41, 5.74) is 5.30. The van der Waals surface area contributed by atoms with E-state index in [1.807, 2.05) is 20.8 Å². The second-order valence-corrected chi connectivity index (χ2v) is 6.35. The average molecular weight is 284 g/mol. The maximum atomic E-state index is 11.7. The number of rotatable bonds is 5. The molecule has 1 rings (SSSR count). The van der Waals surface area contributed by atoms with Crippen molar-refractivity contribution in [1.29, 1.82) is 0 Å². The molecule has 0 aromatic rings. The van der Waals surface area contributed by atoms with Crippen LogP contribution >= 0.6 is 0 Å². The standard InChI is InChI=1S/C14H28N4O2/c1-14(2,3)20-13(19)18(4)9-8-16-12(15)17-10-11-6-5-7-11/h11H,5-10H2,1-4H3,(H3,15,16,17). The first-order chi connectivity index (χ1) is 9.28. The van der Waals surface area contributed by atoms with Crippen LogP contribution in [-0.2, 0) is 4.74 Å². The van der Waals surface area contributed by atoms with Crippen molar-refractivity contribution in [3.8, 4) is 0 Å². The van der Waals surface area contributed by atoms with E-state index in [4.69, 9.17) is 10.5 Å². The lowest BCUT2D eigenvalue weighted by Gasteiger charge is -2.25. The Hall–Kier alpha value is -1.46. The van der Waals surface area contributed by atoms with Crippen molar-refractivity contribution in [3.63, 3.8) is 0 Å².